The van der Waals surface area contributed by atoms with Crippen molar-refractivity contribution in [2.45, 2.75) is 13.1 Å². The van der Waals surface area contributed by atoms with Gasteiger partial charge < -0.3 is 19.5 Å². The number of aromatic nitrogens is 4. The van der Waals surface area contributed by atoms with Gasteiger partial charge in [-0.15, -0.1) is 10.2 Å². The van der Waals surface area contributed by atoms with E-state index in [9.17, 15) is 0 Å². The van der Waals surface area contributed by atoms with Crippen LogP contribution < -0.4 is 10.2 Å². The molecule has 1 aromatic carbocycles. The third-order valence-corrected chi connectivity index (χ3v) is 4.49. The largest absolute Gasteiger partial charge is 0.378 e. The Labute approximate surface area is 146 Å². The number of benzene rings is 1. The lowest BCUT2D eigenvalue weighted by atomic mass is 10.1. The Morgan fingerprint density at radius 2 is 2.00 bits per heavy atom. The van der Waals surface area contributed by atoms with Crippen LogP contribution in [0.4, 0.5) is 5.82 Å². The third kappa shape index (κ3) is 3.47. The number of pyridine rings is 1. The van der Waals surface area contributed by atoms with Crippen LogP contribution in [0.1, 0.15) is 11.4 Å². The molecule has 0 saturated carbocycles. The number of anilines is 1. The molecule has 0 amide bonds. The number of fused-ring (bicyclic) bond motifs is 1. The van der Waals surface area contributed by atoms with Crippen molar-refractivity contribution in [2.24, 2.45) is 7.05 Å². The standard InChI is InChI=1S/C18H22N6O/c1-23-13-20-22-17(23)12-19-11-15-10-14-4-2-3-5-16(14)21-18(15)24-6-8-25-9-7-24/h2-5,10,13,19H,6-9,11-12H2,1H3. The van der Waals surface area contributed by atoms with Crippen LogP contribution in [-0.2, 0) is 24.9 Å². The Morgan fingerprint density at radius 3 is 2.80 bits per heavy atom. The Kier molecular flexibility index (Phi) is 4.58. The van der Waals surface area contributed by atoms with Crippen molar-refractivity contribution >= 4 is 16.7 Å². The minimum absolute atomic E-state index is 0.672. The number of rotatable bonds is 5. The van der Waals surface area contributed by atoms with Gasteiger partial charge in [-0.1, -0.05) is 18.2 Å². The van der Waals surface area contributed by atoms with Crippen LogP contribution in [0.2, 0.25) is 0 Å². The van der Waals surface area contributed by atoms with E-state index in [1.807, 2.05) is 17.7 Å². The fraction of sp³-hybridized carbons (Fsp3) is 0.389. The minimum atomic E-state index is 0.672. The summed E-state index contributed by atoms with van der Waals surface area (Å²) in [7, 11) is 1.95. The normalized spacial score (nSPS) is 15.0. The summed E-state index contributed by atoms with van der Waals surface area (Å²) < 4.78 is 7.41. The van der Waals surface area contributed by atoms with Gasteiger partial charge in [0.1, 0.15) is 18.0 Å². The second kappa shape index (κ2) is 7.16. The van der Waals surface area contributed by atoms with E-state index in [1.165, 1.54) is 5.56 Å². The quantitative estimate of drug-likeness (QED) is 0.760. The van der Waals surface area contributed by atoms with E-state index in [2.05, 4.69) is 44.7 Å². The number of aryl methyl sites for hydroxylation is 1. The van der Waals surface area contributed by atoms with Gasteiger partial charge in [-0.3, -0.25) is 0 Å². The second-order valence-corrected chi connectivity index (χ2v) is 6.22. The molecule has 7 nitrogen and oxygen atoms in total. The number of ether oxygens (including phenoxy) is 1. The van der Waals surface area contributed by atoms with Gasteiger partial charge in [0.05, 0.1) is 25.3 Å². The van der Waals surface area contributed by atoms with E-state index < -0.39 is 0 Å². The molecular formula is C18H22N6O. The highest BCUT2D eigenvalue weighted by atomic mass is 16.5. The number of hydrogen-bond donors (Lipinski definition) is 1. The summed E-state index contributed by atoms with van der Waals surface area (Å²) in [5.41, 5.74) is 2.23. The molecule has 0 radical (unpaired) electrons. The fourth-order valence-corrected chi connectivity index (χ4v) is 3.10. The van der Waals surface area contributed by atoms with Gasteiger partial charge in [-0.25, -0.2) is 4.98 Å². The highest BCUT2D eigenvalue weighted by Crippen LogP contribution is 2.24. The molecular weight excluding hydrogens is 316 g/mol. The van der Waals surface area contributed by atoms with Gasteiger partial charge in [0, 0.05) is 37.6 Å². The molecule has 7 heteroatoms. The highest BCUT2D eigenvalue weighted by Gasteiger charge is 2.17. The van der Waals surface area contributed by atoms with E-state index in [1.54, 1.807) is 6.33 Å². The van der Waals surface area contributed by atoms with E-state index in [0.29, 0.717) is 6.54 Å². The monoisotopic (exact) mass is 338 g/mol. The lowest BCUT2D eigenvalue weighted by Crippen LogP contribution is -2.37. The maximum Gasteiger partial charge on any atom is 0.146 e. The van der Waals surface area contributed by atoms with Gasteiger partial charge >= 0.3 is 0 Å². The molecule has 1 aliphatic rings. The molecule has 4 rings (SSSR count). The van der Waals surface area contributed by atoms with Crippen LogP contribution in [0.3, 0.4) is 0 Å². The van der Waals surface area contributed by atoms with Crippen LogP contribution in [0.5, 0.6) is 0 Å². The van der Waals surface area contributed by atoms with Crippen molar-refractivity contribution in [3.05, 3.63) is 48.0 Å². The second-order valence-electron chi connectivity index (χ2n) is 6.22. The Morgan fingerprint density at radius 1 is 1.16 bits per heavy atom. The van der Waals surface area contributed by atoms with Crippen LogP contribution in [0, 0.1) is 0 Å². The zero-order valence-electron chi connectivity index (χ0n) is 14.4. The number of morpholine rings is 1. The molecule has 1 N–H and O–H groups in total. The average Bonchev–Trinajstić information content (AvgIpc) is 3.07. The lowest BCUT2D eigenvalue weighted by Gasteiger charge is -2.30. The van der Waals surface area contributed by atoms with Gasteiger partial charge in [-0.2, -0.15) is 0 Å². The molecule has 0 atom stereocenters. The molecule has 1 fully saturated rings. The summed E-state index contributed by atoms with van der Waals surface area (Å²) in [6, 6.07) is 10.5. The van der Waals surface area contributed by atoms with Gasteiger partial charge in [-0.05, 0) is 12.1 Å². The molecule has 1 saturated heterocycles. The van der Waals surface area contributed by atoms with Crippen LogP contribution in [-0.4, -0.2) is 46.1 Å². The molecule has 0 bridgehead atoms. The maximum absolute atomic E-state index is 5.49. The van der Waals surface area contributed by atoms with Crippen molar-refractivity contribution in [3.63, 3.8) is 0 Å². The van der Waals surface area contributed by atoms with Gasteiger partial charge in [0.15, 0.2) is 0 Å². The third-order valence-electron chi connectivity index (χ3n) is 4.49. The predicted octanol–water partition coefficient (Wildman–Crippen LogP) is 1.49. The smallest absolute Gasteiger partial charge is 0.146 e. The summed E-state index contributed by atoms with van der Waals surface area (Å²) in [5, 5.41) is 12.7. The molecule has 3 aromatic rings. The van der Waals surface area contributed by atoms with E-state index in [0.717, 1.165) is 55.4 Å². The summed E-state index contributed by atoms with van der Waals surface area (Å²) in [5.74, 6) is 1.97. The predicted molar refractivity (Wildman–Crippen MR) is 96.3 cm³/mol. The van der Waals surface area contributed by atoms with E-state index in [4.69, 9.17) is 9.72 Å². The van der Waals surface area contributed by atoms with E-state index >= 15 is 0 Å². The summed E-state index contributed by atoms with van der Waals surface area (Å²) in [6.45, 7) is 4.66. The number of nitrogens with one attached hydrogen (secondary N) is 1. The van der Waals surface area contributed by atoms with Crippen molar-refractivity contribution in [1.82, 2.24) is 25.1 Å². The summed E-state index contributed by atoms with van der Waals surface area (Å²) in [6.07, 6.45) is 1.72. The number of hydrogen-bond acceptors (Lipinski definition) is 6. The van der Waals surface area contributed by atoms with Gasteiger partial charge in [0.2, 0.25) is 0 Å². The molecule has 130 valence electrons. The molecule has 3 heterocycles. The number of nitrogens with zero attached hydrogens (tertiary/aromatic N) is 5. The van der Waals surface area contributed by atoms with Crippen LogP contribution in [0.15, 0.2) is 36.7 Å². The maximum atomic E-state index is 5.49. The first kappa shape index (κ1) is 16.0. The topological polar surface area (TPSA) is 68.1 Å². The van der Waals surface area contributed by atoms with Crippen molar-refractivity contribution in [3.8, 4) is 0 Å². The zero-order valence-corrected chi connectivity index (χ0v) is 14.4. The molecule has 0 spiro atoms. The molecule has 0 unspecified atom stereocenters. The van der Waals surface area contributed by atoms with Crippen molar-refractivity contribution < 1.29 is 4.74 Å². The Hall–Kier alpha value is -2.51. The minimum Gasteiger partial charge on any atom is -0.378 e. The lowest BCUT2D eigenvalue weighted by molar-refractivity contribution is 0.122. The average molecular weight is 338 g/mol. The van der Waals surface area contributed by atoms with E-state index in [-0.39, 0.29) is 0 Å². The first-order chi connectivity index (χ1) is 12.3. The van der Waals surface area contributed by atoms with Gasteiger partial charge in [0.25, 0.3) is 0 Å². The fourth-order valence-electron chi connectivity index (χ4n) is 3.10. The Bertz CT molecular complexity index is 856. The van der Waals surface area contributed by atoms with Crippen LogP contribution in [0.25, 0.3) is 10.9 Å². The van der Waals surface area contributed by atoms with Crippen LogP contribution >= 0.6 is 0 Å². The summed E-state index contributed by atoms with van der Waals surface area (Å²) in [4.78, 5) is 7.24. The SMILES string of the molecule is Cn1cnnc1CNCc1cc2ccccc2nc1N1CCOCC1. The first-order valence-electron chi connectivity index (χ1n) is 8.56. The molecule has 2 aromatic heterocycles. The first-order valence-corrected chi connectivity index (χ1v) is 8.56. The summed E-state index contributed by atoms with van der Waals surface area (Å²) >= 11 is 0. The number of para-hydroxylation sites is 1. The molecule has 1 aliphatic heterocycles. The molecule has 0 aliphatic carbocycles. The highest BCUT2D eigenvalue weighted by molar-refractivity contribution is 5.81. The van der Waals surface area contributed by atoms with Crippen molar-refractivity contribution in [2.75, 3.05) is 31.2 Å². The van der Waals surface area contributed by atoms with Crippen molar-refractivity contribution in [1.29, 1.82) is 0 Å². The Balaban J connectivity index is 1.59. The molecule has 25 heavy (non-hydrogen) atoms. The zero-order chi connectivity index (χ0) is 17.1.